The molecule has 1 aromatic carbocycles. The smallest absolute Gasteiger partial charge is 0.254 e. The first-order valence-electron chi connectivity index (χ1n) is 5.30. The average molecular weight is 338 g/mol. The molecule has 4 nitrogen and oxygen atoms in total. The Balaban J connectivity index is 2.64. The van der Waals surface area contributed by atoms with E-state index in [1.54, 1.807) is 0 Å². The second kappa shape index (κ2) is 6.29. The van der Waals surface area contributed by atoms with Crippen LogP contribution in [0.4, 0.5) is 4.39 Å². The number of amides is 1. The maximum atomic E-state index is 13.6. The maximum Gasteiger partial charge on any atom is 0.254 e. The minimum Gasteiger partial charge on any atom is -0.351 e. The van der Waals surface area contributed by atoms with Crippen molar-refractivity contribution in [3.63, 3.8) is 0 Å². The quantitative estimate of drug-likeness (QED) is 0.890. The van der Waals surface area contributed by atoms with Crippen LogP contribution in [0.5, 0.6) is 0 Å². The van der Waals surface area contributed by atoms with E-state index in [-0.39, 0.29) is 28.1 Å². The summed E-state index contributed by atoms with van der Waals surface area (Å²) < 4.78 is 36.2. The summed E-state index contributed by atoms with van der Waals surface area (Å²) in [7, 11) is -3.13. The van der Waals surface area contributed by atoms with Gasteiger partial charge in [-0.15, -0.1) is 0 Å². The molecule has 0 spiro atoms. The molecule has 0 radical (unpaired) electrons. The van der Waals surface area contributed by atoms with Crippen LogP contribution >= 0.6 is 15.9 Å². The molecule has 1 N–H and O–H groups in total. The van der Waals surface area contributed by atoms with Crippen LogP contribution in [0.2, 0.25) is 0 Å². The van der Waals surface area contributed by atoms with E-state index in [0.717, 1.165) is 0 Å². The van der Waals surface area contributed by atoms with Crippen molar-refractivity contribution in [3.05, 3.63) is 34.1 Å². The lowest BCUT2D eigenvalue weighted by atomic mass is 10.2. The van der Waals surface area contributed by atoms with Crippen LogP contribution in [0, 0.1) is 5.82 Å². The summed E-state index contributed by atoms with van der Waals surface area (Å²) in [4.78, 5) is 11.6. The highest BCUT2D eigenvalue weighted by Crippen LogP contribution is 2.18. The first kappa shape index (κ1) is 15.1. The SMILES string of the molecule is CCS(=O)(=O)CCNC(=O)c1cccc(Br)c1F. The summed E-state index contributed by atoms with van der Waals surface area (Å²) in [5.74, 6) is -1.41. The van der Waals surface area contributed by atoms with E-state index < -0.39 is 21.6 Å². The van der Waals surface area contributed by atoms with Gasteiger partial charge < -0.3 is 5.32 Å². The predicted molar refractivity (Wildman–Crippen MR) is 70.8 cm³/mol. The van der Waals surface area contributed by atoms with Crippen molar-refractivity contribution in [1.29, 1.82) is 0 Å². The monoisotopic (exact) mass is 337 g/mol. The van der Waals surface area contributed by atoms with Gasteiger partial charge >= 0.3 is 0 Å². The third kappa shape index (κ3) is 4.06. The number of sulfone groups is 1. The lowest BCUT2D eigenvalue weighted by Crippen LogP contribution is -2.30. The Morgan fingerprint density at radius 1 is 1.44 bits per heavy atom. The van der Waals surface area contributed by atoms with Gasteiger partial charge in [0.1, 0.15) is 5.82 Å². The molecule has 0 unspecified atom stereocenters. The lowest BCUT2D eigenvalue weighted by molar-refractivity contribution is 0.0952. The van der Waals surface area contributed by atoms with Gasteiger partial charge in [-0.2, -0.15) is 0 Å². The Kier molecular flexibility index (Phi) is 5.28. The zero-order chi connectivity index (χ0) is 13.8. The number of nitrogens with one attached hydrogen (secondary N) is 1. The van der Waals surface area contributed by atoms with Gasteiger partial charge in [0.2, 0.25) is 0 Å². The largest absolute Gasteiger partial charge is 0.351 e. The molecule has 0 bridgehead atoms. The molecular formula is C11H13BrFNO3S. The van der Waals surface area contributed by atoms with Crippen molar-refractivity contribution in [3.8, 4) is 0 Å². The Morgan fingerprint density at radius 2 is 2.11 bits per heavy atom. The summed E-state index contributed by atoms with van der Waals surface area (Å²) in [5, 5.41) is 2.38. The molecule has 1 rings (SSSR count). The summed E-state index contributed by atoms with van der Waals surface area (Å²) in [6.07, 6.45) is 0. The Hall–Kier alpha value is -0.950. The van der Waals surface area contributed by atoms with Gasteiger partial charge in [-0.3, -0.25) is 4.79 Å². The van der Waals surface area contributed by atoms with Crippen molar-refractivity contribution < 1.29 is 17.6 Å². The van der Waals surface area contributed by atoms with Gasteiger partial charge in [0.25, 0.3) is 5.91 Å². The first-order valence-corrected chi connectivity index (χ1v) is 7.91. The van der Waals surface area contributed by atoms with Crippen LogP contribution in [0.1, 0.15) is 17.3 Å². The second-order valence-electron chi connectivity index (χ2n) is 3.59. The highest BCUT2D eigenvalue weighted by Gasteiger charge is 2.14. The number of hydrogen-bond donors (Lipinski definition) is 1. The van der Waals surface area contributed by atoms with Crippen molar-refractivity contribution in [2.45, 2.75) is 6.92 Å². The van der Waals surface area contributed by atoms with Crippen molar-refractivity contribution in [2.24, 2.45) is 0 Å². The molecule has 1 amide bonds. The number of benzene rings is 1. The third-order valence-electron chi connectivity index (χ3n) is 2.33. The number of halogens is 2. The number of rotatable bonds is 5. The molecule has 0 aliphatic carbocycles. The molecule has 0 saturated carbocycles. The van der Waals surface area contributed by atoms with Gasteiger partial charge in [0.15, 0.2) is 9.84 Å². The van der Waals surface area contributed by atoms with E-state index in [4.69, 9.17) is 0 Å². The fourth-order valence-electron chi connectivity index (χ4n) is 1.24. The molecule has 18 heavy (non-hydrogen) atoms. The van der Waals surface area contributed by atoms with Crippen LogP contribution in [0.25, 0.3) is 0 Å². The van der Waals surface area contributed by atoms with Gasteiger partial charge in [0, 0.05) is 12.3 Å². The lowest BCUT2D eigenvalue weighted by Gasteiger charge is -2.06. The van der Waals surface area contributed by atoms with Crippen LogP contribution in [0.15, 0.2) is 22.7 Å². The summed E-state index contributed by atoms with van der Waals surface area (Å²) in [6.45, 7) is 1.51. The highest BCUT2D eigenvalue weighted by molar-refractivity contribution is 9.10. The van der Waals surface area contributed by atoms with E-state index >= 15 is 0 Å². The van der Waals surface area contributed by atoms with E-state index in [1.165, 1.54) is 25.1 Å². The normalized spacial score (nSPS) is 11.3. The number of carbonyl (C=O) groups excluding carboxylic acids is 1. The molecule has 1 aromatic rings. The van der Waals surface area contributed by atoms with E-state index in [0.29, 0.717) is 0 Å². The Bertz CT molecular complexity index is 545. The molecule has 0 saturated heterocycles. The molecule has 7 heteroatoms. The highest BCUT2D eigenvalue weighted by atomic mass is 79.9. The standard InChI is InChI=1S/C11H13BrFNO3S/c1-2-18(16,17)7-6-14-11(15)8-4-3-5-9(12)10(8)13/h3-5H,2,6-7H2,1H3,(H,14,15). The maximum absolute atomic E-state index is 13.6. The first-order chi connectivity index (χ1) is 8.37. The summed E-state index contributed by atoms with van der Waals surface area (Å²) in [6, 6.07) is 4.35. The van der Waals surface area contributed by atoms with E-state index in [2.05, 4.69) is 21.2 Å². The number of carbonyl (C=O) groups is 1. The van der Waals surface area contributed by atoms with Gasteiger partial charge in [-0.25, -0.2) is 12.8 Å². The van der Waals surface area contributed by atoms with Crippen molar-refractivity contribution >= 4 is 31.7 Å². The van der Waals surface area contributed by atoms with Gasteiger partial charge in [-0.05, 0) is 28.1 Å². The predicted octanol–water partition coefficient (Wildman–Crippen LogP) is 1.75. The zero-order valence-corrected chi connectivity index (χ0v) is 12.1. The topological polar surface area (TPSA) is 63.2 Å². The molecule has 0 aromatic heterocycles. The molecule has 100 valence electrons. The molecule has 0 aliphatic rings. The fourth-order valence-corrected chi connectivity index (χ4v) is 2.31. The van der Waals surface area contributed by atoms with Crippen LogP contribution in [-0.4, -0.2) is 32.4 Å². The van der Waals surface area contributed by atoms with Gasteiger partial charge in [0.05, 0.1) is 15.8 Å². The van der Waals surface area contributed by atoms with Crippen LogP contribution in [-0.2, 0) is 9.84 Å². The van der Waals surface area contributed by atoms with Crippen LogP contribution < -0.4 is 5.32 Å². The minimum atomic E-state index is -3.13. The molecule has 0 heterocycles. The Morgan fingerprint density at radius 3 is 2.72 bits per heavy atom. The third-order valence-corrected chi connectivity index (χ3v) is 4.65. The molecule has 0 aliphatic heterocycles. The van der Waals surface area contributed by atoms with Crippen molar-refractivity contribution in [1.82, 2.24) is 5.32 Å². The number of hydrogen-bond acceptors (Lipinski definition) is 3. The van der Waals surface area contributed by atoms with Gasteiger partial charge in [-0.1, -0.05) is 13.0 Å². The fraction of sp³-hybridized carbons (Fsp3) is 0.364. The van der Waals surface area contributed by atoms with Crippen molar-refractivity contribution in [2.75, 3.05) is 18.1 Å². The molecular weight excluding hydrogens is 325 g/mol. The zero-order valence-electron chi connectivity index (χ0n) is 9.74. The summed E-state index contributed by atoms with van der Waals surface area (Å²) in [5.41, 5.74) is -0.113. The minimum absolute atomic E-state index is 0.0219. The van der Waals surface area contributed by atoms with E-state index in [1.807, 2.05) is 0 Å². The molecule has 0 atom stereocenters. The van der Waals surface area contributed by atoms with E-state index in [9.17, 15) is 17.6 Å². The second-order valence-corrected chi connectivity index (χ2v) is 6.92. The molecule has 0 fully saturated rings. The van der Waals surface area contributed by atoms with Crippen LogP contribution in [0.3, 0.4) is 0 Å². The average Bonchev–Trinajstić information content (AvgIpc) is 2.32. The summed E-state index contributed by atoms with van der Waals surface area (Å²) >= 11 is 2.97. The Labute approximate surface area is 114 Å².